The van der Waals surface area contributed by atoms with Gasteiger partial charge in [0.2, 0.25) is 0 Å². The van der Waals surface area contributed by atoms with Crippen molar-refractivity contribution in [1.29, 1.82) is 0 Å². The Morgan fingerprint density at radius 2 is 2.12 bits per heavy atom. The first-order valence-electron chi connectivity index (χ1n) is 5.99. The van der Waals surface area contributed by atoms with Crippen LogP contribution in [0.1, 0.15) is 12.0 Å². The van der Waals surface area contributed by atoms with Gasteiger partial charge >= 0.3 is 0 Å². The van der Waals surface area contributed by atoms with Gasteiger partial charge in [0.25, 0.3) is 0 Å². The molecule has 0 aliphatic carbocycles. The molecule has 2 aromatic rings. The molecule has 3 N–H and O–H groups in total. The lowest BCUT2D eigenvalue weighted by molar-refractivity contribution is 0.297. The largest absolute Gasteiger partial charge is 0.490 e. The number of benzene rings is 1. The number of nitrogens with two attached hydrogens (primary N) is 1. The zero-order valence-corrected chi connectivity index (χ0v) is 9.66. The first-order valence-corrected chi connectivity index (χ1v) is 5.99. The van der Waals surface area contributed by atoms with E-state index in [4.69, 9.17) is 15.2 Å². The number of aromatic nitrogens is 1. The van der Waals surface area contributed by atoms with E-state index in [2.05, 4.69) is 4.98 Å². The highest BCUT2D eigenvalue weighted by molar-refractivity contribution is 5.91. The third-order valence-electron chi connectivity index (χ3n) is 3.05. The second-order valence-electron chi connectivity index (χ2n) is 4.22. The first kappa shape index (κ1) is 10.5. The van der Waals surface area contributed by atoms with E-state index in [1.165, 1.54) is 5.56 Å². The average molecular weight is 232 g/mol. The molecular weight excluding hydrogens is 216 g/mol. The number of ether oxygens (including phenoxy) is 2. The fourth-order valence-electron chi connectivity index (χ4n) is 2.26. The molecule has 0 saturated heterocycles. The molecule has 0 atom stereocenters. The molecule has 0 unspecified atom stereocenters. The van der Waals surface area contributed by atoms with Gasteiger partial charge in [-0.15, -0.1) is 0 Å². The van der Waals surface area contributed by atoms with Crippen LogP contribution in [0.4, 0.5) is 0 Å². The zero-order chi connectivity index (χ0) is 11.7. The predicted octanol–water partition coefficient (Wildman–Crippen LogP) is 1.83. The summed E-state index contributed by atoms with van der Waals surface area (Å²) in [7, 11) is 0. The Morgan fingerprint density at radius 3 is 3.00 bits per heavy atom. The molecule has 1 aliphatic rings. The summed E-state index contributed by atoms with van der Waals surface area (Å²) in [4.78, 5) is 3.25. The summed E-state index contributed by atoms with van der Waals surface area (Å²) in [5, 5.41) is 1.12. The quantitative estimate of drug-likeness (QED) is 0.830. The number of nitrogens with one attached hydrogen (secondary N) is 1. The van der Waals surface area contributed by atoms with Crippen molar-refractivity contribution in [3.63, 3.8) is 0 Å². The molecule has 0 saturated carbocycles. The van der Waals surface area contributed by atoms with Gasteiger partial charge in [0.15, 0.2) is 11.5 Å². The third-order valence-corrected chi connectivity index (χ3v) is 3.05. The number of H-pyrrole nitrogens is 1. The fraction of sp³-hybridized carbons (Fsp3) is 0.385. The van der Waals surface area contributed by atoms with Crippen LogP contribution in [0, 0.1) is 0 Å². The van der Waals surface area contributed by atoms with E-state index in [0.29, 0.717) is 13.2 Å². The number of hydrogen-bond acceptors (Lipinski definition) is 3. The second kappa shape index (κ2) is 4.30. The minimum absolute atomic E-state index is 0.636. The molecule has 1 aromatic heterocycles. The lowest BCUT2D eigenvalue weighted by atomic mass is 10.1. The van der Waals surface area contributed by atoms with Crippen molar-refractivity contribution >= 4 is 10.9 Å². The topological polar surface area (TPSA) is 60.3 Å². The Kier molecular flexibility index (Phi) is 2.65. The maximum atomic E-state index is 5.82. The molecule has 0 radical (unpaired) electrons. The Morgan fingerprint density at radius 1 is 1.24 bits per heavy atom. The van der Waals surface area contributed by atoms with Crippen molar-refractivity contribution in [2.24, 2.45) is 5.73 Å². The summed E-state index contributed by atoms with van der Waals surface area (Å²) in [5.74, 6) is 1.71. The van der Waals surface area contributed by atoms with Crippen molar-refractivity contribution in [2.45, 2.75) is 12.8 Å². The summed E-state index contributed by atoms with van der Waals surface area (Å²) in [5.41, 5.74) is 7.91. The van der Waals surface area contributed by atoms with Crippen LogP contribution in [-0.2, 0) is 6.42 Å². The molecule has 0 fully saturated rings. The summed E-state index contributed by atoms with van der Waals surface area (Å²) >= 11 is 0. The molecule has 3 rings (SSSR count). The summed E-state index contributed by atoms with van der Waals surface area (Å²) in [6, 6.07) is 3.99. The van der Waals surface area contributed by atoms with Gasteiger partial charge in [-0.1, -0.05) is 0 Å². The number of fused-ring (bicyclic) bond motifs is 3. The molecule has 0 spiro atoms. The molecule has 1 aliphatic heterocycles. The smallest absolute Gasteiger partial charge is 0.170 e. The van der Waals surface area contributed by atoms with Crippen molar-refractivity contribution < 1.29 is 9.47 Å². The number of aromatic amines is 1. The van der Waals surface area contributed by atoms with Gasteiger partial charge in [-0.25, -0.2) is 0 Å². The molecule has 0 bridgehead atoms. The summed E-state index contributed by atoms with van der Waals surface area (Å²) < 4.78 is 11.5. The van der Waals surface area contributed by atoms with Crippen molar-refractivity contribution in [2.75, 3.05) is 19.8 Å². The van der Waals surface area contributed by atoms with E-state index in [1.54, 1.807) is 0 Å². The fourth-order valence-corrected chi connectivity index (χ4v) is 2.26. The van der Waals surface area contributed by atoms with Crippen LogP contribution < -0.4 is 15.2 Å². The number of rotatable bonds is 2. The minimum Gasteiger partial charge on any atom is -0.490 e. The van der Waals surface area contributed by atoms with E-state index < -0.39 is 0 Å². The van der Waals surface area contributed by atoms with Crippen LogP contribution in [0.15, 0.2) is 18.3 Å². The van der Waals surface area contributed by atoms with E-state index in [0.717, 1.165) is 41.9 Å². The van der Waals surface area contributed by atoms with Crippen molar-refractivity contribution in [3.8, 4) is 11.5 Å². The van der Waals surface area contributed by atoms with E-state index in [1.807, 2.05) is 18.3 Å². The van der Waals surface area contributed by atoms with E-state index in [9.17, 15) is 0 Å². The highest BCUT2D eigenvalue weighted by Gasteiger charge is 2.17. The monoisotopic (exact) mass is 232 g/mol. The lowest BCUT2D eigenvalue weighted by Crippen LogP contribution is -2.02. The van der Waals surface area contributed by atoms with E-state index >= 15 is 0 Å². The molecule has 17 heavy (non-hydrogen) atoms. The van der Waals surface area contributed by atoms with Gasteiger partial charge < -0.3 is 20.2 Å². The molecule has 2 heterocycles. The Hall–Kier alpha value is -1.68. The molecule has 1 aromatic carbocycles. The van der Waals surface area contributed by atoms with Crippen molar-refractivity contribution in [3.05, 3.63) is 23.9 Å². The zero-order valence-electron chi connectivity index (χ0n) is 9.66. The number of hydrogen-bond donors (Lipinski definition) is 2. The molecule has 4 nitrogen and oxygen atoms in total. The second-order valence-corrected chi connectivity index (χ2v) is 4.22. The minimum atomic E-state index is 0.636. The Bertz CT molecular complexity index is 533. The Balaban J connectivity index is 2.19. The summed E-state index contributed by atoms with van der Waals surface area (Å²) in [6.45, 7) is 2.06. The van der Waals surface area contributed by atoms with Gasteiger partial charge in [-0.05, 0) is 30.7 Å². The van der Waals surface area contributed by atoms with Gasteiger partial charge in [0.1, 0.15) is 0 Å². The van der Waals surface area contributed by atoms with Crippen LogP contribution in [0.5, 0.6) is 11.5 Å². The van der Waals surface area contributed by atoms with Gasteiger partial charge in [-0.3, -0.25) is 0 Å². The maximum absolute atomic E-state index is 5.82. The molecule has 0 amide bonds. The molecule has 4 heteroatoms. The van der Waals surface area contributed by atoms with Crippen LogP contribution in [0.3, 0.4) is 0 Å². The third kappa shape index (κ3) is 1.74. The Labute approximate surface area is 99.7 Å². The van der Waals surface area contributed by atoms with Gasteiger partial charge in [0.05, 0.1) is 13.2 Å². The lowest BCUT2D eigenvalue weighted by Gasteiger charge is -2.09. The van der Waals surface area contributed by atoms with Gasteiger partial charge in [-0.2, -0.15) is 0 Å². The van der Waals surface area contributed by atoms with Crippen LogP contribution in [0.2, 0.25) is 0 Å². The highest BCUT2D eigenvalue weighted by atomic mass is 16.5. The average Bonchev–Trinajstić information content (AvgIpc) is 2.61. The van der Waals surface area contributed by atoms with Gasteiger partial charge in [0, 0.05) is 23.5 Å². The normalized spacial score (nSPS) is 14.9. The predicted molar refractivity (Wildman–Crippen MR) is 66.7 cm³/mol. The standard InChI is InChI=1S/C13H16N2O2/c14-5-4-9-8-15-10-2-3-11-13(12(9)10)17-7-1-6-16-11/h2-3,8,15H,1,4-7,14H2. The van der Waals surface area contributed by atoms with E-state index in [-0.39, 0.29) is 0 Å². The first-order chi connectivity index (χ1) is 8.40. The maximum Gasteiger partial charge on any atom is 0.170 e. The van der Waals surface area contributed by atoms with Crippen LogP contribution in [0.25, 0.3) is 10.9 Å². The van der Waals surface area contributed by atoms with Crippen LogP contribution in [-0.4, -0.2) is 24.7 Å². The highest BCUT2D eigenvalue weighted by Crippen LogP contribution is 2.38. The summed E-state index contributed by atoms with van der Waals surface area (Å²) in [6.07, 6.45) is 3.78. The molecule has 90 valence electrons. The van der Waals surface area contributed by atoms with Crippen molar-refractivity contribution in [1.82, 2.24) is 4.98 Å². The van der Waals surface area contributed by atoms with Crippen LogP contribution >= 0.6 is 0 Å². The molecular formula is C13H16N2O2. The SMILES string of the molecule is NCCc1c[nH]c2ccc3c(c12)OCCCO3.